The molecule has 2 atom stereocenters. The van der Waals surface area contributed by atoms with E-state index in [1.807, 2.05) is 6.92 Å². The number of amides is 1. The van der Waals surface area contributed by atoms with E-state index in [0.29, 0.717) is 6.42 Å². The second-order valence-corrected chi connectivity index (χ2v) is 4.53. The zero-order chi connectivity index (χ0) is 13.5. The second kappa shape index (κ2) is 7.11. The van der Waals surface area contributed by atoms with E-state index in [1.54, 1.807) is 12.1 Å². The van der Waals surface area contributed by atoms with E-state index < -0.39 is 6.04 Å². The van der Waals surface area contributed by atoms with Gasteiger partial charge in [0.25, 0.3) is 0 Å². The number of hydrogen-bond donors (Lipinski definition) is 2. The minimum absolute atomic E-state index is 0.153. The Bertz CT molecular complexity index is 378. The van der Waals surface area contributed by atoms with Crippen molar-refractivity contribution in [3.8, 4) is 0 Å². The maximum atomic E-state index is 12.8. The van der Waals surface area contributed by atoms with Crippen molar-refractivity contribution >= 4 is 5.91 Å². The molecule has 3 N–H and O–H groups in total. The van der Waals surface area contributed by atoms with Crippen LogP contribution in [0.5, 0.6) is 0 Å². The first-order valence-corrected chi connectivity index (χ1v) is 6.36. The van der Waals surface area contributed by atoms with Gasteiger partial charge in [0.15, 0.2) is 0 Å². The SMILES string of the molecule is CCCC[C@H](N)C(=O)NC(C)c1ccc(F)cc1. The number of unbranched alkanes of at least 4 members (excludes halogenated alkanes) is 1. The number of nitrogens with one attached hydrogen (secondary N) is 1. The third kappa shape index (κ3) is 4.45. The summed E-state index contributed by atoms with van der Waals surface area (Å²) in [6, 6.07) is 5.47. The molecule has 1 amide bonds. The largest absolute Gasteiger partial charge is 0.348 e. The van der Waals surface area contributed by atoms with E-state index >= 15 is 0 Å². The molecule has 0 radical (unpaired) electrons. The molecule has 0 bridgehead atoms. The highest BCUT2D eigenvalue weighted by molar-refractivity contribution is 5.81. The van der Waals surface area contributed by atoms with Crippen LogP contribution < -0.4 is 11.1 Å². The Morgan fingerprint density at radius 1 is 1.39 bits per heavy atom. The van der Waals surface area contributed by atoms with E-state index in [-0.39, 0.29) is 17.8 Å². The lowest BCUT2D eigenvalue weighted by atomic mass is 10.1. The van der Waals surface area contributed by atoms with Crippen molar-refractivity contribution in [1.82, 2.24) is 5.32 Å². The smallest absolute Gasteiger partial charge is 0.237 e. The molecule has 18 heavy (non-hydrogen) atoms. The van der Waals surface area contributed by atoms with Crippen LogP contribution in [0.25, 0.3) is 0 Å². The fourth-order valence-electron chi connectivity index (χ4n) is 1.71. The average molecular weight is 252 g/mol. The zero-order valence-electron chi connectivity index (χ0n) is 10.9. The van der Waals surface area contributed by atoms with Crippen LogP contribution in [0.1, 0.15) is 44.7 Å². The Balaban J connectivity index is 2.51. The molecule has 0 aliphatic heterocycles. The fraction of sp³-hybridized carbons (Fsp3) is 0.500. The maximum absolute atomic E-state index is 12.8. The number of nitrogens with two attached hydrogens (primary N) is 1. The van der Waals surface area contributed by atoms with Gasteiger partial charge in [0, 0.05) is 0 Å². The first kappa shape index (κ1) is 14.6. The molecule has 0 aliphatic rings. The van der Waals surface area contributed by atoms with Gasteiger partial charge in [0.1, 0.15) is 5.82 Å². The van der Waals surface area contributed by atoms with Crippen molar-refractivity contribution in [2.24, 2.45) is 5.73 Å². The Morgan fingerprint density at radius 2 is 2.00 bits per heavy atom. The van der Waals surface area contributed by atoms with Crippen molar-refractivity contribution < 1.29 is 9.18 Å². The lowest BCUT2D eigenvalue weighted by Gasteiger charge is -2.17. The van der Waals surface area contributed by atoms with Crippen LogP contribution in [0, 0.1) is 5.82 Å². The van der Waals surface area contributed by atoms with Crippen LogP contribution in [-0.2, 0) is 4.79 Å². The van der Waals surface area contributed by atoms with Crippen LogP contribution in [-0.4, -0.2) is 11.9 Å². The van der Waals surface area contributed by atoms with Gasteiger partial charge < -0.3 is 11.1 Å². The maximum Gasteiger partial charge on any atom is 0.237 e. The highest BCUT2D eigenvalue weighted by Crippen LogP contribution is 2.13. The molecule has 1 aromatic carbocycles. The van der Waals surface area contributed by atoms with Gasteiger partial charge in [-0.1, -0.05) is 31.9 Å². The van der Waals surface area contributed by atoms with Crippen molar-refractivity contribution in [2.45, 2.75) is 45.2 Å². The van der Waals surface area contributed by atoms with Crippen LogP contribution in [0.2, 0.25) is 0 Å². The molecular weight excluding hydrogens is 231 g/mol. The van der Waals surface area contributed by atoms with Gasteiger partial charge in [-0.05, 0) is 31.0 Å². The molecule has 0 spiro atoms. The summed E-state index contributed by atoms with van der Waals surface area (Å²) < 4.78 is 12.8. The first-order chi connectivity index (χ1) is 8.54. The summed E-state index contributed by atoms with van der Waals surface area (Å²) >= 11 is 0. The monoisotopic (exact) mass is 252 g/mol. The summed E-state index contributed by atoms with van der Waals surface area (Å²) in [4.78, 5) is 11.8. The number of rotatable bonds is 6. The van der Waals surface area contributed by atoms with Gasteiger partial charge in [0.05, 0.1) is 12.1 Å². The van der Waals surface area contributed by atoms with Gasteiger partial charge in [-0.15, -0.1) is 0 Å². The van der Waals surface area contributed by atoms with Crippen LogP contribution in [0.4, 0.5) is 4.39 Å². The molecule has 0 heterocycles. The third-order valence-corrected chi connectivity index (χ3v) is 2.93. The average Bonchev–Trinajstić information content (AvgIpc) is 2.36. The predicted octanol–water partition coefficient (Wildman–Crippen LogP) is 2.52. The fourth-order valence-corrected chi connectivity index (χ4v) is 1.71. The quantitative estimate of drug-likeness (QED) is 0.817. The summed E-state index contributed by atoms with van der Waals surface area (Å²) in [7, 11) is 0. The number of halogens is 1. The number of hydrogen-bond acceptors (Lipinski definition) is 2. The van der Waals surface area contributed by atoms with Crippen LogP contribution in [0.15, 0.2) is 24.3 Å². The van der Waals surface area contributed by atoms with Gasteiger partial charge in [-0.25, -0.2) is 4.39 Å². The topological polar surface area (TPSA) is 55.1 Å². The summed E-state index contributed by atoms with van der Waals surface area (Å²) in [5, 5.41) is 2.84. The van der Waals surface area contributed by atoms with Gasteiger partial charge in [0.2, 0.25) is 5.91 Å². The second-order valence-electron chi connectivity index (χ2n) is 4.53. The van der Waals surface area contributed by atoms with Crippen molar-refractivity contribution in [3.63, 3.8) is 0 Å². The molecule has 0 fully saturated rings. The van der Waals surface area contributed by atoms with E-state index in [1.165, 1.54) is 12.1 Å². The zero-order valence-corrected chi connectivity index (χ0v) is 10.9. The van der Waals surface area contributed by atoms with Crippen molar-refractivity contribution in [2.75, 3.05) is 0 Å². The first-order valence-electron chi connectivity index (χ1n) is 6.36. The summed E-state index contributed by atoms with van der Waals surface area (Å²) in [5.41, 5.74) is 6.65. The Labute approximate surface area is 108 Å². The number of benzene rings is 1. The molecule has 1 aromatic rings. The standard InChI is InChI=1S/C14H21FN2O/c1-3-4-5-13(16)14(18)17-10(2)11-6-8-12(15)9-7-11/h6-10,13H,3-5,16H2,1-2H3,(H,17,18)/t10?,13-/m0/s1. The summed E-state index contributed by atoms with van der Waals surface area (Å²) in [6.07, 6.45) is 2.66. The summed E-state index contributed by atoms with van der Waals surface area (Å²) in [6.45, 7) is 3.92. The molecule has 0 saturated heterocycles. The van der Waals surface area contributed by atoms with Crippen LogP contribution >= 0.6 is 0 Å². The van der Waals surface area contributed by atoms with Gasteiger partial charge >= 0.3 is 0 Å². The lowest BCUT2D eigenvalue weighted by Crippen LogP contribution is -2.41. The highest BCUT2D eigenvalue weighted by Gasteiger charge is 2.15. The summed E-state index contributed by atoms with van der Waals surface area (Å²) in [5.74, 6) is -0.433. The minimum atomic E-state index is -0.465. The van der Waals surface area contributed by atoms with Gasteiger partial charge in [-0.3, -0.25) is 4.79 Å². The highest BCUT2D eigenvalue weighted by atomic mass is 19.1. The predicted molar refractivity (Wildman–Crippen MR) is 70.5 cm³/mol. The van der Waals surface area contributed by atoms with Crippen molar-refractivity contribution in [3.05, 3.63) is 35.6 Å². The van der Waals surface area contributed by atoms with Crippen LogP contribution in [0.3, 0.4) is 0 Å². The molecule has 1 rings (SSSR count). The van der Waals surface area contributed by atoms with Gasteiger partial charge in [-0.2, -0.15) is 0 Å². The third-order valence-electron chi connectivity index (χ3n) is 2.93. The molecule has 3 nitrogen and oxygen atoms in total. The Morgan fingerprint density at radius 3 is 2.56 bits per heavy atom. The Hall–Kier alpha value is -1.42. The Kier molecular flexibility index (Phi) is 5.78. The van der Waals surface area contributed by atoms with E-state index in [2.05, 4.69) is 12.2 Å². The van der Waals surface area contributed by atoms with E-state index in [0.717, 1.165) is 18.4 Å². The molecule has 4 heteroatoms. The molecule has 1 unspecified atom stereocenters. The molecule has 0 aliphatic carbocycles. The minimum Gasteiger partial charge on any atom is -0.348 e. The molecule has 0 saturated carbocycles. The normalized spacial score (nSPS) is 14.0. The van der Waals surface area contributed by atoms with E-state index in [9.17, 15) is 9.18 Å². The number of carbonyl (C=O) groups is 1. The van der Waals surface area contributed by atoms with E-state index in [4.69, 9.17) is 5.73 Å². The molecule has 100 valence electrons. The number of carbonyl (C=O) groups excluding carboxylic acids is 1. The molecular formula is C14H21FN2O. The molecule has 0 aromatic heterocycles. The lowest BCUT2D eigenvalue weighted by molar-refractivity contribution is -0.123. The van der Waals surface area contributed by atoms with Crippen molar-refractivity contribution in [1.29, 1.82) is 0 Å².